The van der Waals surface area contributed by atoms with Crippen LogP contribution in [-0.4, -0.2) is 31.9 Å². The fourth-order valence-corrected chi connectivity index (χ4v) is 3.86. The summed E-state index contributed by atoms with van der Waals surface area (Å²) < 4.78 is 32.0. The van der Waals surface area contributed by atoms with Crippen LogP contribution in [0, 0.1) is 20.2 Å². The summed E-state index contributed by atoms with van der Waals surface area (Å²) in [4.78, 5) is 20.3. The van der Waals surface area contributed by atoms with Crippen molar-refractivity contribution >= 4 is 27.1 Å². The lowest BCUT2D eigenvalue weighted by Crippen LogP contribution is -2.31. The van der Waals surface area contributed by atoms with Crippen molar-refractivity contribution in [2.75, 3.05) is 18.0 Å². The average molecular weight is 381 g/mol. The molecule has 0 aliphatic rings. The molecule has 138 valence electrons. The number of nitro groups is 2. The zero-order chi connectivity index (χ0) is 19.5. The van der Waals surface area contributed by atoms with Gasteiger partial charge in [0.2, 0.25) is 0 Å². The Morgan fingerprint density at radius 1 is 1.04 bits per heavy atom. The van der Waals surface area contributed by atoms with Crippen molar-refractivity contribution in [2.24, 2.45) is 0 Å². The number of nitro benzene ring substituents is 2. The molecule has 2 aromatic rings. The van der Waals surface area contributed by atoms with E-state index in [1.54, 1.807) is 0 Å². The molecule has 0 amide bonds. The Balaban J connectivity index is 2.64. The molecule has 2 aromatic carbocycles. The van der Waals surface area contributed by atoms with Crippen LogP contribution in [0.25, 0.3) is 0 Å². The maximum atomic E-state index is 13.0. The van der Waals surface area contributed by atoms with Gasteiger partial charge in [-0.05, 0) is 19.1 Å². The van der Waals surface area contributed by atoms with E-state index in [0.717, 1.165) is 16.4 Å². The highest BCUT2D eigenvalue weighted by molar-refractivity contribution is 7.92. The summed E-state index contributed by atoms with van der Waals surface area (Å²) in [5, 5.41) is 21.9. The quantitative estimate of drug-likeness (QED) is 0.532. The summed E-state index contributed by atoms with van der Waals surface area (Å²) in [7, 11) is -2.90. The maximum Gasteiger partial charge on any atom is 0.271 e. The van der Waals surface area contributed by atoms with Crippen LogP contribution >= 0.6 is 0 Å². The van der Waals surface area contributed by atoms with Gasteiger partial charge in [-0.25, -0.2) is 8.42 Å². The Morgan fingerprint density at radius 3 is 2.19 bits per heavy atom. The molecule has 0 radical (unpaired) electrons. The number of ether oxygens (including phenoxy) is 1. The largest absolute Gasteiger partial charge is 0.495 e. The van der Waals surface area contributed by atoms with E-state index in [0.29, 0.717) is 0 Å². The number of methoxy groups -OCH3 is 1. The second kappa shape index (κ2) is 7.35. The normalized spacial score (nSPS) is 11.0. The van der Waals surface area contributed by atoms with Crippen molar-refractivity contribution < 1.29 is 23.0 Å². The van der Waals surface area contributed by atoms with Crippen molar-refractivity contribution in [1.29, 1.82) is 0 Å². The molecule has 0 spiro atoms. The smallest absolute Gasteiger partial charge is 0.271 e. The Morgan fingerprint density at radius 2 is 1.65 bits per heavy atom. The summed E-state index contributed by atoms with van der Waals surface area (Å²) in [6, 6.07) is 8.13. The summed E-state index contributed by atoms with van der Waals surface area (Å²) in [5.74, 6) is 0.117. The van der Waals surface area contributed by atoms with Crippen LogP contribution in [0.3, 0.4) is 0 Å². The molecule has 0 unspecified atom stereocenters. The molecule has 0 bridgehead atoms. The minimum Gasteiger partial charge on any atom is -0.495 e. The summed E-state index contributed by atoms with van der Waals surface area (Å²) in [6.45, 7) is 1.47. The lowest BCUT2D eigenvalue weighted by Gasteiger charge is -2.24. The van der Waals surface area contributed by atoms with E-state index < -0.39 is 19.9 Å². The highest BCUT2D eigenvalue weighted by Crippen LogP contribution is 2.35. The van der Waals surface area contributed by atoms with Gasteiger partial charge in [0, 0.05) is 30.8 Å². The fourth-order valence-electron chi connectivity index (χ4n) is 2.34. The molecule has 0 saturated carbocycles. The topological polar surface area (TPSA) is 133 Å². The molecule has 0 aromatic heterocycles. The number of non-ortho nitro benzene ring substituents is 2. The standard InChI is InChI=1S/C15H15N3O7S/c1-3-16(14-10-12(18(21)22)7-8-15(14)25-2)26(23,24)13-6-4-5-11(9-13)17(19)20/h4-10H,3H2,1-2H3. The minimum atomic E-state index is -4.21. The van der Waals surface area contributed by atoms with E-state index in [1.165, 1.54) is 44.4 Å². The van der Waals surface area contributed by atoms with Crippen LogP contribution in [0.5, 0.6) is 5.75 Å². The number of hydrogen-bond donors (Lipinski definition) is 0. The van der Waals surface area contributed by atoms with E-state index in [-0.39, 0.29) is 34.3 Å². The van der Waals surface area contributed by atoms with E-state index in [1.807, 2.05) is 0 Å². The predicted octanol–water partition coefficient (Wildman–Crippen LogP) is 2.73. The SMILES string of the molecule is CCN(c1cc([N+](=O)[O-])ccc1OC)S(=O)(=O)c1cccc([N+](=O)[O-])c1. The van der Waals surface area contributed by atoms with Gasteiger partial charge in [0.15, 0.2) is 0 Å². The third-order valence-corrected chi connectivity index (χ3v) is 5.43. The molecule has 0 atom stereocenters. The molecule has 0 fully saturated rings. The first kappa shape index (κ1) is 19.1. The lowest BCUT2D eigenvalue weighted by atomic mass is 10.2. The molecule has 26 heavy (non-hydrogen) atoms. The number of nitrogens with zero attached hydrogens (tertiary/aromatic N) is 3. The highest BCUT2D eigenvalue weighted by Gasteiger charge is 2.28. The monoisotopic (exact) mass is 381 g/mol. The van der Waals surface area contributed by atoms with Crippen molar-refractivity contribution in [2.45, 2.75) is 11.8 Å². The van der Waals surface area contributed by atoms with Gasteiger partial charge in [-0.3, -0.25) is 24.5 Å². The average Bonchev–Trinajstić information content (AvgIpc) is 2.62. The summed E-state index contributed by atoms with van der Waals surface area (Å²) >= 11 is 0. The molecule has 0 aliphatic carbocycles. The van der Waals surface area contributed by atoms with Crippen molar-refractivity contribution in [3.8, 4) is 5.75 Å². The van der Waals surface area contributed by atoms with Crippen molar-refractivity contribution in [1.82, 2.24) is 0 Å². The van der Waals surface area contributed by atoms with E-state index in [2.05, 4.69) is 0 Å². The van der Waals surface area contributed by atoms with Crippen LogP contribution in [-0.2, 0) is 10.0 Å². The van der Waals surface area contributed by atoms with Crippen LogP contribution in [0.2, 0.25) is 0 Å². The van der Waals surface area contributed by atoms with Gasteiger partial charge in [-0.15, -0.1) is 0 Å². The van der Waals surface area contributed by atoms with Crippen LogP contribution in [0.1, 0.15) is 6.92 Å². The number of benzene rings is 2. The third-order valence-electron chi connectivity index (χ3n) is 3.55. The van der Waals surface area contributed by atoms with Crippen LogP contribution in [0.15, 0.2) is 47.4 Å². The Labute approximate surface area is 149 Å². The summed E-state index contributed by atoms with van der Waals surface area (Å²) in [6.07, 6.45) is 0. The second-order valence-corrected chi connectivity index (χ2v) is 6.90. The molecule has 0 aliphatic heterocycles. The lowest BCUT2D eigenvalue weighted by molar-refractivity contribution is -0.385. The zero-order valence-electron chi connectivity index (χ0n) is 13.9. The van der Waals surface area contributed by atoms with E-state index >= 15 is 0 Å². The molecular formula is C15H15N3O7S. The first-order chi connectivity index (χ1) is 12.2. The predicted molar refractivity (Wildman–Crippen MR) is 93.0 cm³/mol. The number of sulfonamides is 1. The van der Waals surface area contributed by atoms with Gasteiger partial charge in [-0.2, -0.15) is 0 Å². The first-order valence-corrected chi connectivity index (χ1v) is 8.76. The second-order valence-electron chi connectivity index (χ2n) is 5.04. The molecule has 11 heteroatoms. The zero-order valence-corrected chi connectivity index (χ0v) is 14.7. The van der Waals surface area contributed by atoms with E-state index in [9.17, 15) is 28.6 Å². The van der Waals surface area contributed by atoms with Gasteiger partial charge >= 0.3 is 0 Å². The molecule has 0 saturated heterocycles. The van der Waals surface area contributed by atoms with Gasteiger partial charge in [0.1, 0.15) is 11.4 Å². The van der Waals surface area contributed by atoms with E-state index in [4.69, 9.17) is 4.74 Å². The highest BCUT2D eigenvalue weighted by atomic mass is 32.2. The number of anilines is 1. The maximum absolute atomic E-state index is 13.0. The molecular weight excluding hydrogens is 366 g/mol. The molecule has 10 nitrogen and oxygen atoms in total. The third kappa shape index (κ3) is 3.57. The van der Waals surface area contributed by atoms with Gasteiger partial charge in [-0.1, -0.05) is 6.07 Å². The van der Waals surface area contributed by atoms with Gasteiger partial charge in [0.05, 0.1) is 21.9 Å². The van der Waals surface area contributed by atoms with Crippen molar-refractivity contribution in [3.05, 3.63) is 62.7 Å². The fraction of sp³-hybridized carbons (Fsp3) is 0.200. The molecule has 2 rings (SSSR count). The van der Waals surface area contributed by atoms with Crippen LogP contribution < -0.4 is 9.04 Å². The van der Waals surface area contributed by atoms with Crippen LogP contribution in [0.4, 0.5) is 17.1 Å². The Hall–Kier alpha value is -3.21. The first-order valence-electron chi connectivity index (χ1n) is 7.32. The number of rotatable bonds is 7. The molecule has 0 N–H and O–H groups in total. The van der Waals surface area contributed by atoms with Gasteiger partial charge < -0.3 is 4.74 Å². The molecule has 0 heterocycles. The Bertz CT molecular complexity index is 959. The Kier molecular flexibility index (Phi) is 5.41. The minimum absolute atomic E-state index is 0.0318. The number of hydrogen-bond acceptors (Lipinski definition) is 7. The van der Waals surface area contributed by atoms with Gasteiger partial charge in [0.25, 0.3) is 21.4 Å². The van der Waals surface area contributed by atoms with Crippen molar-refractivity contribution in [3.63, 3.8) is 0 Å². The summed E-state index contributed by atoms with van der Waals surface area (Å²) in [5.41, 5.74) is -0.725.